The summed E-state index contributed by atoms with van der Waals surface area (Å²) in [4.78, 5) is 28.5. The second-order valence-corrected chi connectivity index (χ2v) is 6.43. The van der Waals surface area contributed by atoms with Crippen LogP contribution >= 0.6 is 0 Å². The Morgan fingerprint density at radius 3 is 2.75 bits per heavy atom. The topological polar surface area (TPSA) is 91.0 Å². The zero-order valence-electron chi connectivity index (χ0n) is 16.2. The van der Waals surface area contributed by atoms with Gasteiger partial charge in [-0.3, -0.25) is 4.79 Å². The number of aryl methyl sites for hydroxylation is 1. The average Bonchev–Trinajstić information content (AvgIpc) is 3.25. The van der Waals surface area contributed by atoms with Gasteiger partial charge in [-0.25, -0.2) is 14.5 Å². The molecule has 0 saturated carbocycles. The molecule has 2 aromatic heterocycles. The van der Waals surface area contributed by atoms with Gasteiger partial charge in [-0.1, -0.05) is 12.1 Å². The lowest BCUT2D eigenvalue weighted by Crippen LogP contribution is -2.20. The first-order chi connectivity index (χ1) is 13.5. The molecule has 0 aliphatic heterocycles. The molecule has 0 radical (unpaired) electrons. The van der Waals surface area contributed by atoms with E-state index in [1.807, 2.05) is 38.1 Å². The van der Waals surface area contributed by atoms with Gasteiger partial charge in [0, 0.05) is 17.1 Å². The van der Waals surface area contributed by atoms with Crippen LogP contribution in [0, 0.1) is 13.8 Å². The molecule has 0 aliphatic carbocycles. The van der Waals surface area contributed by atoms with Crippen molar-refractivity contribution in [3.8, 4) is 0 Å². The third-order valence-corrected chi connectivity index (χ3v) is 4.39. The van der Waals surface area contributed by atoms with E-state index in [9.17, 15) is 9.59 Å². The zero-order chi connectivity index (χ0) is 20.1. The summed E-state index contributed by atoms with van der Waals surface area (Å²) in [5.74, 6) is -0.543. The van der Waals surface area contributed by atoms with E-state index in [0.29, 0.717) is 30.1 Å². The summed E-state index contributed by atoms with van der Waals surface area (Å²) in [7, 11) is 0. The van der Waals surface area contributed by atoms with Crippen molar-refractivity contribution in [2.45, 2.75) is 33.9 Å². The maximum absolute atomic E-state index is 12.5. The maximum Gasteiger partial charge on any atom is 0.339 e. The number of amides is 1. The Bertz CT molecular complexity index is 976. The molecule has 0 atom stereocenters. The number of anilines is 1. The number of ether oxygens (including phenoxy) is 1. The average molecular weight is 381 g/mol. The van der Waals surface area contributed by atoms with Crippen molar-refractivity contribution < 1.29 is 14.3 Å². The van der Waals surface area contributed by atoms with Crippen LogP contribution in [0.4, 0.5) is 5.69 Å². The van der Waals surface area contributed by atoms with Crippen molar-refractivity contribution in [3.63, 3.8) is 0 Å². The highest BCUT2D eigenvalue weighted by molar-refractivity contribution is 5.93. The minimum atomic E-state index is -0.372. The quantitative estimate of drug-likeness (QED) is 0.635. The van der Waals surface area contributed by atoms with E-state index >= 15 is 0 Å². The molecule has 2 heterocycles. The van der Waals surface area contributed by atoms with Crippen molar-refractivity contribution in [2.24, 2.45) is 0 Å². The Hall–Kier alpha value is -3.42. The molecule has 0 fully saturated rings. The lowest BCUT2D eigenvalue weighted by atomic mass is 10.2. The number of aromatic nitrogens is 4. The van der Waals surface area contributed by atoms with Crippen molar-refractivity contribution in [1.29, 1.82) is 0 Å². The second kappa shape index (κ2) is 8.51. The number of carbonyl (C=O) groups is 2. The molecule has 0 unspecified atom stereocenters. The van der Waals surface area contributed by atoms with Crippen molar-refractivity contribution in [1.82, 2.24) is 19.3 Å². The van der Waals surface area contributed by atoms with E-state index in [4.69, 9.17) is 4.74 Å². The first kappa shape index (κ1) is 19.3. The molecule has 1 amide bonds. The van der Waals surface area contributed by atoms with Gasteiger partial charge in [0.2, 0.25) is 5.91 Å². The molecular weight excluding hydrogens is 358 g/mol. The first-order valence-corrected chi connectivity index (χ1v) is 9.03. The van der Waals surface area contributed by atoms with E-state index in [2.05, 4.69) is 15.4 Å². The molecule has 0 bridgehead atoms. The van der Waals surface area contributed by atoms with Gasteiger partial charge in [0.05, 0.1) is 18.7 Å². The largest absolute Gasteiger partial charge is 0.462 e. The number of carbonyl (C=O) groups excluding carboxylic acids is 2. The first-order valence-electron chi connectivity index (χ1n) is 9.03. The molecule has 1 N–H and O–H groups in total. The van der Waals surface area contributed by atoms with E-state index in [1.54, 1.807) is 28.6 Å². The van der Waals surface area contributed by atoms with Crippen molar-refractivity contribution in [3.05, 3.63) is 65.5 Å². The van der Waals surface area contributed by atoms with Gasteiger partial charge in [-0.05, 0) is 44.5 Å². The summed E-state index contributed by atoms with van der Waals surface area (Å²) < 4.78 is 8.59. The van der Waals surface area contributed by atoms with Gasteiger partial charge >= 0.3 is 5.97 Å². The second-order valence-electron chi connectivity index (χ2n) is 6.43. The van der Waals surface area contributed by atoms with Gasteiger partial charge in [0.1, 0.15) is 19.2 Å². The normalized spacial score (nSPS) is 10.7. The minimum Gasteiger partial charge on any atom is -0.462 e. The van der Waals surface area contributed by atoms with Crippen LogP contribution in [0.5, 0.6) is 0 Å². The third kappa shape index (κ3) is 4.46. The summed E-state index contributed by atoms with van der Waals surface area (Å²) >= 11 is 0. The molecule has 3 aromatic rings. The van der Waals surface area contributed by atoms with E-state index in [1.165, 1.54) is 6.33 Å². The number of rotatable bonds is 7. The molecule has 3 rings (SSSR count). The fraction of sp³-hybridized carbons (Fsp3) is 0.300. The van der Waals surface area contributed by atoms with E-state index in [0.717, 1.165) is 11.3 Å². The molecule has 0 spiro atoms. The van der Waals surface area contributed by atoms with E-state index in [-0.39, 0.29) is 18.4 Å². The number of nitrogens with one attached hydrogen (secondary N) is 1. The zero-order valence-corrected chi connectivity index (χ0v) is 16.2. The number of hydrogen-bond donors (Lipinski definition) is 1. The number of hydrogen-bond acceptors (Lipinski definition) is 5. The Balaban J connectivity index is 1.68. The predicted octanol–water partition coefficient (Wildman–Crippen LogP) is 2.56. The van der Waals surface area contributed by atoms with Gasteiger partial charge in [0.25, 0.3) is 0 Å². The lowest BCUT2D eigenvalue weighted by Gasteiger charge is -2.11. The van der Waals surface area contributed by atoms with Crippen LogP contribution in [0.1, 0.15) is 34.2 Å². The molecular formula is C20H23N5O3. The monoisotopic (exact) mass is 381 g/mol. The fourth-order valence-corrected chi connectivity index (χ4v) is 3.05. The molecule has 146 valence electrons. The molecule has 0 saturated heterocycles. The van der Waals surface area contributed by atoms with Gasteiger partial charge < -0.3 is 14.6 Å². The van der Waals surface area contributed by atoms with Crippen LogP contribution in [0.15, 0.2) is 43.0 Å². The van der Waals surface area contributed by atoms with Gasteiger partial charge in [-0.2, -0.15) is 5.10 Å². The summed E-state index contributed by atoms with van der Waals surface area (Å²) in [6, 6.07) is 9.33. The molecule has 28 heavy (non-hydrogen) atoms. The predicted molar refractivity (Wildman–Crippen MR) is 104 cm³/mol. The summed E-state index contributed by atoms with van der Waals surface area (Å²) in [5.41, 5.74) is 3.74. The number of esters is 1. The van der Waals surface area contributed by atoms with Crippen LogP contribution in [0.2, 0.25) is 0 Å². The van der Waals surface area contributed by atoms with Crippen molar-refractivity contribution in [2.75, 3.05) is 11.9 Å². The Morgan fingerprint density at radius 2 is 2.04 bits per heavy atom. The third-order valence-electron chi connectivity index (χ3n) is 4.39. The van der Waals surface area contributed by atoms with Crippen LogP contribution in [-0.4, -0.2) is 37.8 Å². The lowest BCUT2D eigenvalue weighted by molar-refractivity contribution is -0.116. The van der Waals surface area contributed by atoms with E-state index < -0.39 is 0 Å². The van der Waals surface area contributed by atoms with Crippen LogP contribution in [0.25, 0.3) is 0 Å². The van der Waals surface area contributed by atoms with Crippen LogP contribution in [0.3, 0.4) is 0 Å². The van der Waals surface area contributed by atoms with Crippen LogP contribution < -0.4 is 5.32 Å². The van der Waals surface area contributed by atoms with Crippen LogP contribution in [-0.2, 0) is 22.6 Å². The fourth-order valence-electron chi connectivity index (χ4n) is 3.05. The Kier molecular flexibility index (Phi) is 5.88. The molecule has 8 heteroatoms. The summed E-state index contributed by atoms with van der Waals surface area (Å²) in [5, 5.41) is 6.99. The highest BCUT2D eigenvalue weighted by Gasteiger charge is 2.18. The summed E-state index contributed by atoms with van der Waals surface area (Å²) in [6.07, 6.45) is 3.13. The number of benzene rings is 1. The standard InChI is InChI=1S/C20H23N5O3/c1-4-28-20(27)18-8-14(2)25(15(18)3)11-19(26)23-17-7-5-6-16(9-17)10-24-13-21-12-22-24/h5-9,12-13H,4,10-11H2,1-3H3,(H,23,26). The molecule has 8 nitrogen and oxygen atoms in total. The molecule has 0 aliphatic rings. The smallest absolute Gasteiger partial charge is 0.339 e. The van der Waals surface area contributed by atoms with Gasteiger partial charge in [-0.15, -0.1) is 0 Å². The number of nitrogens with zero attached hydrogens (tertiary/aromatic N) is 4. The Labute approximate surface area is 163 Å². The highest BCUT2D eigenvalue weighted by atomic mass is 16.5. The SMILES string of the molecule is CCOC(=O)c1cc(C)n(CC(=O)Nc2cccc(Cn3cncn3)c2)c1C. The Morgan fingerprint density at radius 1 is 1.21 bits per heavy atom. The highest BCUT2D eigenvalue weighted by Crippen LogP contribution is 2.17. The van der Waals surface area contributed by atoms with Gasteiger partial charge in [0.15, 0.2) is 0 Å². The maximum atomic E-state index is 12.5. The minimum absolute atomic E-state index is 0.115. The molecule has 1 aromatic carbocycles. The van der Waals surface area contributed by atoms with Crippen molar-refractivity contribution >= 4 is 17.6 Å². The summed E-state index contributed by atoms with van der Waals surface area (Å²) in [6.45, 7) is 6.44.